The summed E-state index contributed by atoms with van der Waals surface area (Å²) in [7, 11) is 2.04. The number of aryl methyl sites for hydroxylation is 1. The van der Waals surface area contributed by atoms with Gasteiger partial charge in [0.05, 0.1) is 0 Å². The van der Waals surface area contributed by atoms with E-state index in [1.807, 2.05) is 19.2 Å². The SMILES string of the molecule is Cc1cc(CN(C)CCS)ccc1F. The van der Waals surface area contributed by atoms with E-state index in [1.54, 1.807) is 6.92 Å². The molecule has 0 saturated heterocycles. The van der Waals surface area contributed by atoms with Crippen LogP contribution in [0.15, 0.2) is 18.2 Å². The molecule has 0 saturated carbocycles. The van der Waals surface area contributed by atoms with Crippen LogP contribution in [-0.4, -0.2) is 24.2 Å². The van der Waals surface area contributed by atoms with Crippen LogP contribution in [0.25, 0.3) is 0 Å². The standard InChI is InChI=1S/C11H16FNS/c1-9-7-10(3-4-11(9)12)8-13(2)5-6-14/h3-4,7,14H,5-6,8H2,1-2H3. The maximum absolute atomic E-state index is 13.0. The summed E-state index contributed by atoms with van der Waals surface area (Å²) in [5, 5.41) is 0. The first kappa shape index (κ1) is 11.5. The average Bonchev–Trinajstić information content (AvgIpc) is 2.12. The van der Waals surface area contributed by atoms with Crippen LogP contribution in [0.4, 0.5) is 4.39 Å². The van der Waals surface area contributed by atoms with Gasteiger partial charge in [0.1, 0.15) is 5.82 Å². The predicted molar refractivity (Wildman–Crippen MR) is 61.3 cm³/mol. The molecule has 0 radical (unpaired) electrons. The number of thiol groups is 1. The third-order valence-corrected chi connectivity index (χ3v) is 2.36. The van der Waals surface area contributed by atoms with E-state index in [1.165, 1.54) is 6.07 Å². The highest BCUT2D eigenvalue weighted by Gasteiger charge is 2.01. The van der Waals surface area contributed by atoms with Gasteiger partial charge in [0.2, 0.25) is 0 Å². The molecule has 0 bridgehead atoms. The lowest BCUT2D eigenvalue weighted by molar-refractivity contribution is 0.348. The molecule has 0 fully saturated rings. The van der Waals surface area contributed by atoms with Crippen LogP contribution < -0.4 is 0 Å². The minimum absolute atomic E-state index is 0.134. The Morgan fingerprint density at radius 2 is 2.14 bits per heavy atom. The van der Waals surface area contributed by atoms with Crippen LogP contribution in [0.2, 0.25) is 0 Å². The zero-order chi connectivity index (χ0) is 10.6. The van der Waals surface area contributed by atoms with Crippen molar-refractivity contribution in [1.82, 2.24) is 4.90 Å². The second kappa shape index (κ2) is 5.37. The van der Waals surface area contributed by atoms with E-state index in [0.29, 0.717) is 5.56 Å². The predicted octanol–water partition coefficient (Wildman–Crippen LogP) is 2.50. The van der Waals surface area contributed by atoms with E-state index in [9.17, 15) is 4.39 Å². The van der Waals surface area contributed by atoms with Gasteiger partial charge in [0.25, 0.3) is 0 Å². The fourth-order valence-electron chi connectivity index (χ4n) is 1.37. The molecule has 0 aliphatic rings. The van der Waals surface area contributed by atoms with Crippen LogP contribution in [-0.2, 0) is 6.54 Å². The molecule has 0 aliphatic heterocycles. The molecular weight excluding hydrogens is 197 g/mol. The van der Waals surface area contributed by atoms with E-state index in [2.05, 4.69) is 17.5 Å². The minimum atomic E-state index is -0.134. The highest BCUT2D eigenvalue weighted by atomic mass is 32.1. The third kappa shape index (κ3) is 3.31. The van der Waals surface area contributed by atoms with E-state index in [4.69, 9.17) is 0 Å². The van der Waals surface area contributed by atoms with Crippen LogP contribution in [0.1, 0.15) is 11.1 Å². The molecule has 0 unspecified atom stereocenters. The zero-order valence-corrected chi connectivity index (χ0v) is 9.52. The molecule has 0 spiro atoms. The van der Waals surface area contributed by atoms with Crippen molar-refractivity contribution in [2.45, 2.75) is 13.5 Å². The Hall–Kier alpha value is -0.540. The van der Waals surface area contributed by atoms with E-state index >= 15 is 0 Å². The van der Waals surface area contributed by atoms with Crippen LogP contribution in [0.5, 0.6) is 0 Å². The molecule has 0 aromatic heterocycles. The van der Waals surface area contributed by atoms with Crippen molar-refractivity contribution in [3.8, 4) is 0 Å². The van der Waals surface area contributed by atoms with E-state index in [-0.39, 0.29) is 5.82 Å². The maximum Gasteiger partial charge on any atom is 0.126 e. The Labute approximate surface area is 90.3 Å². The molecule has 1 aromatic rings. The van der Waals surface area contributed by atoms with Crippen LogP contribution in [0, 0.1) is 12.7 Å². The fraction of sp³-hybridized carbons (Fsp3) is 0.455. The second-order valence-electron chi connectivity index (χ2n) is 3.54. The summed E-state index contributed by atoms with van der Waals surface area (Å²) in [6, 6.07) is 5.25. The van der Waals surface area contributed by atoms with Crippen molar-refractivity contribution < 1.29 is 4.39 Å². The molecule has 0 amide bonds. The molecule has 3 heteroatoms. The summed E-state index contributed by atoms with van der Waals surface area (Å²) in [5.74, 6) is 0.710. The molecule has 78 valence electrons. The third-order valence-electron chi connectivity index (χ3n) is 2.16. The number of rotatable bonds is 4. The van der Waals surface area contributed by atoms with Gasteiger partial charge in [-0.2, -0.15) is 12.6 Å². The quantitative estimate of drug-likeness (QED) is 0.752. The van der Waals surface area contributed by atoms with Crippen molar-refractivity contribution >= 4 is 12.6 Å². The van der Waals surface area contributed by atoms with Crippen molar-refractivity contribution in [1.29, 1.82) is 0 Å². The van der Waals surface area contributed by atoms with Gasteiger partial charge in [0, 0.05) is 18.8 Å². The van der Waals surface area contributed by atoms with Gasteiger partial charge in [-0.15, -0.1) is 0 Å². The first-order valence-electron chi connectivity index (χ1n) is 4.68. The molecule has 0 N–H and O–H groups in total. The summed E-state index contributed by atoms with van der Waals surface area (Å²) < 4.78 is 13.0. The summed E-state index contributed by atoms with van der Waals surface area (Å²) in [5.41, 5.74) is 1.86. The van der Waals surface area contributed by atoms with E-state index in [0.717, 1.165) is 24.4 Å². The van der Waals surface area contributed by atoms with Gasteiger partial charge in [-0.1, -0.05) is 12.1 Å². The van der Waals surface area contributed by atoms with Crippen molar-refractivity contribution in [3.63, 3.8) is 0 Å². The Morgan fingerprint density at radius 1 is 1.43 bits per heavy atom. The molecule has 0 atom stereocenters. The molecule has 0 aliphatic carbocycles. The first-order chi connectivity index (χ1) is 6.63. The Kier molecular flexibility index (Phi) is 4.42. The van der Waals surface area contributed by atoms with Gasteiger partial charge >= 0.3 is 0 Å². The zero-order valence-electron chi connectivity index (χ0n) is 8.63. The Balaban J connectivity index is 2.63. The number of halogens is 1. The molecular formula is C11H16FNS. The highest BCUT2D eigenvalue weighted by Crippen LogP contribution is 2.10. The number of hydrogen-bond acceptors (Lipinski definition) is 2. The summed E-state index contributed by atoms with van der Waals surface area (Å²) in [6.45, 7) is 3.58. The molecule has 1 aromatic carbocycles. The molecule has 0 heterocycles. The van der Waals surface area contributed by atoms with Gasteiger partial charge in [-0.05, 0) is 31.2 Å². The lowest BCUT2D eigenvalue weighted by Crippen LogP contribution is -2.20. The summed E-state index contributed by atoms with van der Waals surface area (Å²) in [6.07, 6.45) is 0. The highest BCUT2D eigenvalue weighted by molar-refractivity contribution is 7.80. The lowest BCUT2D eigenvalue weighted by Gasteiger charge is -2.15. The fourth-order valence-corrected chi connectivity index (χ4v) is 1.71. The number of benzene rings is 1. The van der Waals surface area contributed by atoms with Crippen LogP contribution >= 0.6 is 12.6 Å². The average molecular weight is 213 g/mol. The number of nitrogens with zero attached hydrogens (tertiary/aromatic N) is 1. The van der Waals surface area contributed by atoms with Crippen molar-refractivity contribution in [2.75, 3.05) is 19.3 Å². The Morgan fingerprint density at radius 3 is 2.71 bits per heavy atom. The Bertz CT molecular complexity index is 301. The first-order valence-corrected chi connectivity index (χ1v) is 5.31. The van der Waals surface area contributed by atoms with Crippen LogP contribution in [0.3, 0.4) is 0 Å². The summed E-state index contributed by atoms with van der Waals surface area (Å²) in [4.78, 5) is 2.17. The monoisotopic (exact) mass is 213 g/mol. The summed E-state index contributed by atoms with van der Waals surface area (Å²) >= 11 is 4.16. The normalized spacial score (nSPS) is 10.9. The van der Waals surface area contributed by atoms with Gasteiger partial charge < -0.3 is 4.90 Å². The van der Waals surface area contributed by atoms with E-state index < -0.39 is 0 Å². The largest absolute Gasteiger partial charge is 0.301 e. The minimum Gasteiger partial charge on any atom is -0.301 e. The molecule has 14 heavy (non-hydrogen) atoms. The van der Waals surface area contributed by atoms with Crippen molar-refractivity contribution in [2.24, 2.45) is 0 Å². The topological polar surface area (TPSA) is 3.24 Å². The lowest BCUT2D eigenvalue weighted by atomic mass is 10.1. The molecule has 1 rings (SSSR count). The second-order valence-corrected chi connectivity index (χ2v) is 3.99. The smallest absolute Gasteiger partial charge is 0.126 e. The molecule has 1 nitrogen and oxygen atoms in total. The van der Waals surface area contributed by atoms with Gasteiger partial charge in [-0.3, -0.25) is 0 Å². The number of hydrogen-bond donors (Lipinski definition) is 1. The van der Waals surface area contributed by atoms with Gasteiger partial charge in [-0.25, -0.2) is 4.39 Å². The van der Waals surface area contributed by atoms with Crippen molar-refractivity contribution in [3.05, 3.63) is 35.1 Å². The maximum atomic E-state index is 13.0. The van der Waals surface area contributed by atoms with Gasteiger partial charge in [0.15, 0.2) is 0 Å².